The molecule has 0 bridgehead atoms. The van der Waals surface area contributed by atoms with E-state index in [-0.39, 0.29) is 6.10 Å². The Morgan fingerprint density at radius 3 is 2.64 bits per heavy atom. The highest BCUT2D eigenvalue weighted by Crippen LogP contribution is 2.49. The van der Waals surface area contributed by atoms with Crippen molar-refractivity contribution in [3.8, 4) is 0 Å². The zero-order valence-electron chi connectivity index (χ0n) is 8.39. The lowest BCUT2D eigenvalue weighted by molar-refractivity contribution is -0.164. The lowest BCUT2D eigenvalue weighted by atomic mass is 9.60. The Bertz CT molecular complexity index is 289. The third-order valence-electron chi connectivity index (χ3n) is 4.09. The Kier molecular flexibility index (Phi) is 1.83. The van der Waals surface area contributed by atoms with Gasteiger partial charge in [-0.1, -0.05) is 24.3 Å². The van der Waals surface area contributed by atoms with Gasteiger partial charge in [-0.15, -0.1) is 0 Å². The molecule has 2 fully saturated rings. The fourth-order valence-electron chi connectivity index (χ4n) is 2.89. The first-order valence-electron chi connectivity index (χ1n) is 5.56. The Balaban J connectivity index is 1.59. The lowest BCUT2D eigenvalue weighted by Gasteiger charge is -2.60. The van der Waals surface area contributed by atoms with Gasteiger partial charge >= 0.3 is 0 Å². The highest BCUT2D eigenvalue weighted by Gasteiger charge is 2.54. The molecule has 1 N–H and O–H groups in total. The number of aliphatic hydroxyl groups excluding tert-OH is 1. The van der Waals surface area contributed by atoms with Crippen molar-refractivity contribution in [2.24, 2.45) is 5.41 Å². The molecule has 0 unspecified atom stereocenters. The summed E-state index contributed by atoms with van der Waals surface area (Å²) in [5.41, 5.74) is 0.301. The Morgan fingerprint density at radius 2 is 2.14 bits per heavy atom. The van der Waals surface area contributed by atoms with Gasteiger partial charge in [-0.3, -0.25) is 4.90 Å². The van der Waals surface area contributed by atoms with Crippen LogP contribution in [-0.4, -0.2) is 35.2 Å². The normalized spacial score (nSPS) is 39.5. The van der Waals surface area contributed by atoms with Gasteiger partial charge in [0.2, 0.25) is 0 Å². The van der Waals surface area contributed by atoms with E-state index in [0.29, 0.717) is 11.5 Å². The Labute approximate surface area is 84.9 Å². The third-order valence-corrected chi connectivity index (χ3v) is 4.09. The van der Waals surface area contributed by atoms with Crippen LogP contribution in [0.15, 0.2) is 24.3 Å². The van der Waals surface area contributed by atoms with Crippen molar-refractivity contribution < 1.29 is 5.11 Å². The maximum atomic E-state index is 9.68. The molecule has 3 rings (SSSR count). The van der Waals surface area contributed by atoms with Crippen molar-refractivity contribution in [3.63, 3.8) is 0 Å². The number of hydrogen-bond donors (Lipinski definition) is 1. The predicted molar refractivity (Wildman–Crippen MR) is 55.9 cm³/mol. The van der Waals surface area contributed by atoms with Crippen molar-refractivity contribution in [1.29, 1.82) is 0 Å². The van der Waals surface area contributed by atoms with Crippen LogP contribution in [0.2, 0.25) is 0 Å². The van der Waals surface area contributed by atoms with Crippen LogP contribution in [0.3, 0.4) is 0 Å². The molecular formula is C12H17NO. The first-order valence-corrected chi connectivity index (χ1v) is 5.56. The topological polar surface area (TPSA) is 23.5 Å². The van der Waals surface area contributed by atoms with E-state index >= 15 is 0 Å². The number of hydrogen-bond acceptors (Lipinski definition) is 2. The van der Waals surface area contributed by atoms with Gasteiger partial charge in [-0.25, -0.2) is 0 Å². The van der Waals surface area contributed by atoms with Gasteiger partial charge in [-0.05, 0) is 19.3 Å². The van der Waals surface area contributed by atoms with Crippen LogP contribution in [-0.2, 0) is 0 Å². The highest BCUT2D eigenvalue weighted by atomic mass is 16.3. The molecule has 0 aromatic carbocycles. The number of rotatable bonds is 1. The second-order valence-electron chi connectivity index (χ2n) is 4.94. The average Bonchev–Trinajstić information content (AvgIpc) is 2.15. The van der Waals surface area contributed by atoms with E-state index in [0.717, 1.165) is 25.9 Å². The average molecular weight is 191 g/mol. The standard InChI is InChI=1S/C12H17NO/c14-11-6-7-12(11)8-13(9-12)10-4-2-1-3-5-10/h1-4,10-11,14H,5-9H2/t10-,11+/m0/s1. The minimum Gasteiger partial charge on any atom is -0.392 e. The van der Waals surface area contributed by atoms with Crippen molar-refractivity contribution in [2.45, 2.75) is 31.4 Å². The summed E-state index contributed by atoms with van der Waals surface area (Å²) < 4.78 is 0. The summed E-state index contributed by atoms with van der Waals surface area (Å²) >= 11 is 0. The van der Waals surface area contributed by atoms with Crippen LogP contribution >= 0.6 is 0 Å². The number of aliphatic hydroxyl groups is 1. The summed E-state index contributed by atoms with van der Waals surface area (Å²) in [4.78, 5) is 2.49. The van der Waals surface area contributed by atoms with Crippen molar-refractivity contribution in [1.82, 2.24) is 4.90 Å². The molecule has 1 heterocycles. The monoisotopic (exact) mass is 191 g/mol. The van der Waals surface area contributed by atoms with Gasteiger partial charge in [0.15, 0.2) is 0 Å². The van der Waals surface area contributed by atoms with E-state index in [1.165, 1.54) is 6.42 Å². The molecule has 0 aromatic rings. The van der Waals surface area contributed by atoms with E-state index in [9.17, 15) is 5.11 Å². The maximum absolute atomic E-state index is 9.68. The van der Waals surface area contributed by atoms with E-state index in [2.05, 4.69) is 29.2 Å². The first kappa shape index (κ1) is 8.69. The molecule has 1 saturated carbocycles. The zero-order chi connectivity index (χ0) is 9.60. The molecule has 14 heavy (non-hydrogen) atoms. The summed E-state index contributed by atoms with van der Waals surface area (Å²) in [6.07, 6.45) is 12.1. The molecule has 76 valence electrons. The fourth-order valence-corrected chi connectivity index (χ4v) is 2.89. The van der Waals surface area contributed by atoms with Gasteiger partial charge in [0, 0.05) is 24.5 Å². The van der Waals surface area contributed by atoms with Crippen molar-refractivity contribution in [3.05, 3.63) is 24.3 Å². The molecule has 2 aliphatic carbocycles. The van der Waals surface area contributed by atoms with Gasteiger partial charge < -0.3 is 5.11 Å². The lowest BCUT2D eigenvalue weighted by Crippen LogP contribution is -2.68. The number of nitrogens with zero attached hydrogens (tertiary/aromatic N) is 1. The van der Waals surface area contributed by atoms with Crippen molar-refractivity contribution in [2.75, 3.05) is 13.1 Å². The Hall–Kier alpha value is -0.600. The minimum atomic E-state index is -0.0122. The fraction of sp³-hybridized carbons (Fsp3) is 0.667. The van der Waals surface area contributed by atoms with E-state index < -0.39 is 0 Å². The SMILES string of the molecule is O[C@@H]1CCC12CN([C@H]1C=CC=CC1)C2. The first-order chi connectivity index (χ1) is 6.80. The summed E-state index contributed by atoms with van der Waals surface area (Å²) in [6, 6.07) is 0.596. The highest BCUT2D eigenvalue weighted by molar-refractivity contribution is 5.17. The molecule has 0 aromatic heterocycles. The van der Waals surface area contributed by atoms with E-state index in [4.69, 9.17) is 0 Å². The smallest absolute Gasteiger partial charge is 0.0621 e. The van der Waals surface area contributed by atoms with Crippen LogP contribution in [0.25, 0.3) is 0 Å². The molecule has 3 aliphatic rings. The molecule has 1 aliphatic heterocycles. The molecule has 2 atom stereocenters. The molecule has 1 saturated heterocycles. The van der Waals surface area contributed by atoms with Crippen LogP contribution in [0.5, 0.6) is 0 Å². The largest absolute Gasteiger partial charge is 0.392 e. The van der Waals surface area contributed by atoms with Gasteiger partial charge in [0.25, 0.3) is 0 Å². The molecule has 0 amide bonds. The quantitative estimate of drug-likeness (QED) is 0.676. The number of likely N-dealkylation sites (tertiary alicyclic amines) is 1. The molecule has 2 nitrogen and oxygen atoms in total. The summed E-state index contributed by atoms with van der Waals surface area (Å²) in [7, 11) is 0. The molecule has 0 radical (unpaired) electrons. The molecule has 1 spiro atoms. The van der Waals surface area contributed by atoms with Crippen LogP contribution in [0.4, 0.5) is 0 Å². The van der Waals surface area contributed by atoms with Crippen LogP contribution in [0.1, 0.15) is 19.3 Å². The van der Waals surface area contributed by atoms with Gasteiger partial charge in [0.05, 0.1) is 6.10 Å². The summed E-state index contributed by atoms with van der Waals surface area (Å²) in [5.74, 6) is 0. The Morgan fingerprint density at radius 1 is 1.29 bits per heavy atom. The third kappa shape index (κ3) is 1.11. The molecule has 2 heteroatoms. The van der Waals surface area contributed by atoms with E-state index in [1.54, 1.807) is 0 Å². The van der Waals surface area contributed by atoms with Crippen molar-refractivity contribution >= 4 is 0 Å². The van der Waals surface area contributed by atoms with Crippen LogP contribution < -0.4 is 0 Å². The van der Waals surface area contributed by atoms with Gasteiger partial charge in [-0.2, -0.15) is 0 Å². The maximum Gasteiger partial charge on any atom is 0.0621 e. The summed E-state index contributed by atoms with van der Waals surface area (Å²) in [6.45, 7) is 2.22. The zero-order valence-corrected chi connectivity index (χ0v) is 8.39. The molecular weight excluding hydrogens is 174 g/mol. The predicted octanol–water partition coefficient (Wildman–Crippen LogP) is 1.33. The van der Waals surface area contributed by atoms with Crippen LogP contribution in [0, 0.1) is 5.41 Å². The second-order valence-corrected chi connectivity index (χ2v) is 4.94. The minimum absolute atomic E-state index is 0.0122. The number of allylic oxidation sites excluding steroid dienone is 2. The van der Waals surface area contributed by atoms with Gasteiger partial charge in [0.1, 0.15) is 0 Å². The van der Waals surface area contributed by atoms with E-state index in [1.807, 2.05) is 0 Å². The summed E-state index contributed by atoms with van der Waals surface area (Å²) in [5, 5.41) is 9.68. The second kappa shape index (κ2) is 2.94.